The van der Waals surface area contributed by atoms with Crippen molar-refractivity contribution in [2.24, 2.45) is 0 Å². The molecule has 3 heterocycles. The normalized spacial score (nSPS) is 20.4. The number of rotatable bonds is 6. The van der Waals surface area contributed by atoms with E-state index in [-0.39, 0.29) is 17.9 Å². The van der Waals surface area contributed by atoms with Crippen molar-refractivity contribution >= 4 is 15.9 Å². The van der Waals surface area contributed by atoms with Crippen LogP contribution in [-0.4, -0.2) is 58.9 Å². The average Bonchev–Trinajstić information content (AvgIpc) is 3.57. The number of piperidine rings is 1. The summed E-state index contributed by atoms with van der Waals surface area (Å²) in [6.45, 7) is 1.51. The molecule has 0 N–H and O–H groups in total. The summed E-state index contributed by atoms with van der Waals surface area (Å²) in [6.07, 6.45) is 8.38. The molecule has 1 unspecified atom stereocenters. The summed E-state index contributed by atoms with van der Waals surface area (Å²) < 4.78 is 25.2. The first-order chi connectivity index (χ1) is 13.9. The van der Waals surface area contributed by atoms with E-state index >= 15 is 0 Å². The lowest BCUT2D eigenvalue weighted by molar-refractivity contribution is 0.0727. The number of hydrogen-bond acceptors (Lipinski definition) is 5. The van der Waals surface area contributed by atoms with Crippen LogP contribution in [-0.2, 0) is 16.6 Å². The number of carbonyl (C=O) groups excluding carboxylic acids is 1. The molecule has 0 aromatic carbocycles. The lowest BCUT2D eigenvalue weighted by Gasteiger charge is -2.30. The third-order valence-corrected chi connectivity index (χ3v) is 6.88. The van der Waals surface area contributed by atoms with Gasteiger partial charge in [0.25, 0.3) is 5.91 Å². The molecule has 4 rings (SSSR count). The highest BCUT2D eigenvalue weighted by molar-refractivity contribution is 7.88. The van der Waals surface area contributed by atoms with E-state index in [0.29, 0.717) is 25.2 Å². The minimum absolute atomic E-state index is 0.0291. The Kier molecular flexibility index (Phi) is 5.65. The molecule has 8 heteroatoms. The lowest BCUT2D eigenvalue weighted by Crippen LogP contribution is -2.38. The Morgan fingerprint density at radius 2 is 2.00 bits per heavy atom. The van der Waals surface area contributed by atoms with Crippen LogP contribution < -0.4 is 0 Å². The van der Waals surface area contributed by atoms with E-state index in [1.807, 2.05) is 35.2 Å². The highest BCUT2D eigenvalue weighted by Gasteiger charge is 2.34. The molecule has 0 radical (unpaired) electrons. The fourth-order valence-corrected chi connectivity index (χ4v) is 4.75. The molecule has 1 saturated heterocycles. The summed E-state index contributed by atoms with van der Waals surface area (Å²) >= 11 is 0. The Morgan fingerprint density at radius 1 is 1.17 bits per heavy atom. The van der Waals surface area contributed by atoms with Crippen molar-refractivity contribution in [2.45, 2.75) is 44.2 Å². The highest BCUT2D eigenvalue weighted by Crippen LogP contribution is 2.30. The van der Waals surface area contributed by atoms with Gasteiger partial charge in [-0.3, -0.25) is 14.8 Å². The van der Waals surface area contributed by atoms with Gasteiger partial charge in [0, 0.05) is 43.1 Å². The van der Waals surface area contributed by atoms with E-state index in [0.717, 1.165) is 37.1 Å². The van der Waals surface area contributed by atoms with Gasteiger partial charge in [-0.1, -0.05) is 6.07 Å². The Balaban J connectivity index is 1.47. The molecule has 2 aromatic rings. The van der Waals surface area contributed by atoms with Gasteiger partial charge in [-0.25, -0.2) is 12.7 Å². The van der Waals surface area contributed by atoms with Crippen molar-refractivity contribution in [1.29, 1.82) is 0 Å². The summed E-state index contributed by atoms with van der Waals surface area (Å²) in [5.41, 5.74) is 2.28. The van der Waals surface area contributed by atoms with Gasteiger partial charge < -0.3 is 4.90 Å². The van der Waals surface area contributed by atoms with E-state index in [4.69, 9.17) is 0 Å². The summed E-state index contributed by atoms with van der Waals surface area (Å²) in [7, 11) is -3.19. The first-order valence-corrected chi connectivity index (χ1v) is 11.9. The maximum atomic E-state index is 13.1. The standard InChI is InChI=1S/C21H26N4O3S/c1-29(27,28)24-12-4-5-17(14-24)20-10-7-16(13-23-20)21(26)25(19-8-9-19)15-18-6-2-3-11-22-18/h2-3,6-7,10-11,13,17,19H,4-5,8-9,12,14-15H2,1H3. The summed E-state index contributed by atoms with van der Waals surface area (Å²) in [5, 5.41) is 0. The van der Waals surface area contributed by atoms with Gasteiger partial charge >= 0.3 is 0 Å². The smallest absolute Gasteiger partial charge is 0.256 e. The minimum Gasteiger partial charge on any atom is -0.330 e. The molecule has 2 fully saturated rings. The summed E-state index contributed by atoms with van der Waals surface area (Å²) in [4.78, 5) is 23.8. The molecule has 0 bridgehead atoms. The molecule has 2 aliphatic rings. The lowest BCUT2D eigenvalue weighted by atomic mass is 9.95. The molecule has 1 atom stereocenters. The van der Waals surface area contributed by atoms with Crippen molar-refractivity contribution in [3.63, 3.8) is 0 Å². The van der Waals surface area contributed by atoms with E-state index in [1.165, 1.54) is 10.6 Å². The van der Waals surface area contributed by atoms with E-state index in [1.54, 1.807) is 12.4 Å². The predicted octanol–water partition coefficient (Wildman–Crippen LogP) is 2.42. The van der Waals surface area contributed by atoms with E-state index < -0.39 is 10.0 Å². The van der Waals surface area contributed by atoms with Gasteiger partial charge in [0.15, 0.2) is 0 Å². The highest BCUT2D eigenvalue weighted by atomic mass is 32.2. The molecule has 0 spiro atoms. The summed E-state index contributed by atoms with van der Waals surface area (Å²) in [6, 6.07) is 9.68. The second-order valence-electron chi connectivity index (χ2n) is 7.92. The van der Waals surface area contributed by atoms with Crippen LogP contribution in [0.5, 0.6) is 0 Å². The van der Waals surface area contributed by atoms with Gasteiger partial charge in [-0.2, -0.15) is 0 Å². The van der Waals surface area contributed by atoms with E-state index in [2.05, 4.69) is 9.97 Å². The maximum Gasteiger partial charge on any atom is 0.256 e. The van der Waals surface area contributed by atoms with Gasteiger partial charge in [-0.05, 0) is 49.9 Å². The van der Waals surface area contributed by atoms with Crippen molar-refractivity contribution in [2.75, 3.05) is 19.3 Å². The molecular formula is C21H26N4O3S. The van der Waals surface area contributed by atoms with E-state index in [9.17, 15) is 13.2 Å². The number of sulfonamides is 1. The Bertz CT molecular complexity index is 959. The average molecular weight is 415 g/mol. The second kappa shape index (κ2) is 8.20. The van der Waals surface area contributed by atoms with Crippen LogP contribution in [0.3, 0.4) is 0 Å². The SMILES string of the molecule is CS(=O)(=O)N1CCCC(c2ccc(C(=O)N(Cc3ccccn3)C3CC3)cn2)C1. The molecule has 1 saturated carbocycles. The first kappa shape index (κ1) is 20.0. The van der Waals surface area contributed by atoms with Crippen molar-refractivity contribution < 1.29 is 13.2 Å². The molecule has 154 valence electrons. The number of aromatic nitrogens is 2. The van der Waals surface area contributed by atoms with Crippen LogP contribution in [0.4, 0.5) is 0 Å². The molecular weight excluding hydrogens is 388 g/mol. The predicted molar refractivity (Wildman–Crippen MR) is 110 cm³/mol. The van der Waals surface area contributed by atoms with Crippen molar-refractivity contribution in [3.05, 3.63) is 59.7 Å². The first-order valence-electron chi connectivity index (χ1n) is 10.0. The van der Waals surface area contributed by atoms with Gasteiger partial charge in [0.2, 0.25) is 10.0 Å². The Labute approximate surface area is 171 Å². The number of hydrogen-bond donors (Lipinski definition) is 0. The third kappa shape index (κ3) is 4.82. The topological polar surface area (TPSA) is 83.5 Å². The zero-order valence-electron chi connectivity index (χ0n) is 16.6. The number of carbonyl (C=O) groups is 1. The summed E-state index contributed by atoms with van der Waals surface area (Å²) in [5.74, 6) is 0.0364. The van der Waals surface area contributed by atoms with Crippen LogP contribution in [0.25, 0.3) is 0 Å². The Hall–Kier alpha value is -2.32. The quantitative estimate of drug-likeness (QED) is 0.725. The molecule has 1 aliphatic carbocycles. The maximum absolute atomic E-state index is 13.1. The van der Waals surface area contributed by atoms with Crippen molar-refractivity contribution in [3.8, 4) is 0 Å². The Morgan fingerprint density at radius 3 is 2.62 bits per heavy atom. The number of nitrogens with zero attached hydrogens (tertiary/aromatic N) is 4. The van der Waals surface area contributed by atoms with Gasteiger partial charge in [0.1, 0.15) is 0 Å². The van der Waals surface area contributed by atoms with Crippen LogP contribution >= 0.6 is 0 Å². The van der Waals surface area contributed by atoms with Crippen LogP contribution in [0.2, 0.25) is 0 Å². The second-order valence-corrected chi connectivity index (χ2v) is 9.90. The zero-order chi connectivity index (χ0) is 20.4. The zero-order valence-corrected chi connectivity index (χ0v) is 17.4. The fraction of sp³-hybridized carbons (Fsp3) is 0.476. The number of pyridine rings is 2. The molecule has 1 amide bonds. The molecule has 2 aromatic heterocycles. The fourth-order valence-electron chi connectivity index (χ4n) is 3.84. The third-order valence-electron chi connectivity index (χ3n) is 5.61. The van der Waals surface area contributed by atoms with Crippen LogP contribution in [0, 0.1) is 0 Å². The molecule has 29 heavy (non-hydrogen) atoms. The van der Waals surface area contributed by atoms with Crippen LogP contribution in [0.15, 0.2) is 42.7 Å². The molecule has 1 aliphatic heterocycles. The largest absolute Gasteiger partial charge is 0.330 e. The minimum atomic E-state index is -3.19. The monoisotopic (exact) mass is 414 g/mol. The molecule has 7 nitrogen and oxygen atoms in total. The van der Waals surface area contributed by atoms with Crippen LogP contribution in [0.1, 0.15) is 53.3 Å². The van der Waals surface area contributed by atoms with Gasteiger partial charge in [-0.15, -0.1) is 0 Å². The number of amides is 1. The van der Waals surface area contributed by atoms with Crippen molar-refractivity contribution in [1.82, 2.24) is 19.2 Å². The van der Waals surface area contributed by atoms with Gasteiger partial charge in [0.05, 0.1) is 24.1 Å².